The predicted molar refractivity (Wildman–Crippen MR) is 102 cm³/mol. The molecule has 2 rings (SSSR count). The highest BCUT2D eigenvalue weighted by atomic mass is 79.9. The van der Waals surface area contributed by atoms with E-state index in [1.165, 1.54) is 0 Å². The van der Waals surface area contributed by atoms with Crippen LogP contribution in [0.4, 0.5) is 0 Å². The average Bonchev–Trinajstić information content (AvgIpc) is 2.60. The van der Waals surface area contributed by atoms with Gasteiger partial charge in [-0.3, -0.25) is 4.79 Å². The van der Waals surface area contributed by atoms with Crippen LogP contribution in [-0.4, -0.2) is 37.4 Å². The molecule has 1 saturated carbocycles. The highest BCUT2D eigenvalue weighted by molar-refractivity contribution is 9.10. The molecule has 0 amide bonds. The van der Waals surface area contributed by atoms with Crippen LogP contribution in [0.1, 0.15) is 49.3 Å². The van der Waals surface area contributed by atoms with Crippen LogP contribution in [0.15, 0.2) is 16.6 Å². The molecule has 0 saturated heterocycles. The summed E-state index contributed by atoms with van der Waals surface area (Å²) in [6, 6.07) is 3.96. The standard InChI is InChI=1S/C20H27BrO5/c1-5-25-19(23)20(8-6-16(24-4)7-9-20)26-18(22)12-15-10-14(3)17(21)11-13(15)2/h10-11,16H,5-9,12H2,1-4H3. The Balaban J connectivity index is 2.14. The van der Waals surface area contributed by atoms with Gasteiger partial charge in [-0.15, -0.1) is 0 Å². The van der Waals surface area contributed by atoms with Crippen LogP contribution in [0.3, 0.4) is 0 Å². The third-order valence-corrected chi connectivity index (χ3v) is 5.84. The highest BCUT2D eigenvalue weighted by Crippen LogP contribution is 2.35. The second-order valence-electron chi connectivity index (χ2n) is 6.83. The van der Waals surface area contributed by atoms with E-state index in [2.05, 4.69) is 15.9 Å². The van der Waals surface area contributed by atoms with Gasteiger partial charge < -0.3 is 14.2 Å². The molecule has 0 bridgehead atoms. The van der Waals surface area contributed by atoms with E-state index in [1.54, 1.807) is 14.0 Å². The Bertz CT molecular complexity index is 662. The molecule has 1 fully saturated rings. The van der Waals surface area contributed by atoms with E-state index in [4.69, 9.17) is 14.2 Å². The van der Waals surface area contributed by atoms with Gasteiger partial charge in [0.2, 0.25) is 5.60 Å². The summed E-state index contributed by atoms with van der Waals surface area (Å²) in [5, 5.41) is 0. The minimum Gasteiger partial charge on any atom is -0.463 e. The maximum absolute atomic E-state index is 12.6. The van der Waals surface area contributed by atoms with E-state index in [1.807, 2.05) is 26.0 Å². The zero-order valence-electron chi connectivity index (χ0n) is 15.9. The van der Waals surface area contributed by atoms with Crippen LogP contribution >= 0.6 is 15.9 Å². The Morgan fingerprint density at radius 2 is 1.85 bits per heavy atom. The Morgan fingerprint density at radius 3 is 2.42 bits per heavy atom. The first kappa shape index (κ1) is 20.9. The lowest BCUT2D eigenvalue weighted by atomic mass is 9.83. The largest absolute Gasteiger partial charge is 0.463 e. The molecule has 6 heteroatoms. The van der Waals surface area contributed by atoms with E-state index in [0.29, 0.717) is 25.7 Å². The zero-order chi connectivity index (χ0) is 19.3. The summed E-state index contributed by atoms with van der Waals surface area (Å²) >= 11 is 3.49. The maximum Gasteiger partial charge on any atom is 0.350 e. The number of halogens is 1. The van der Waals surface area contributed by atoms with E-state index >= 15 is 0 Å². The predicted octanol–water partition coefficient (Wildman–Crippen LogP) is 4.04. The zero-order valence-corrected chi connectivity index (χ0v) is 17.5. The molecule has 1 aromatic carbocycles. The fraction of sp³-hybridized carbons (Fsp3) is 0.600. The summed E-state index contributed by atoms with van der Waals surface area (Å²) in [6.45, 7) is 5.95. The number of carbonyl (C=O) groups excluding carboxylic acids is 2. The minimum atomic E-state index is -1.19. The second kappa shape index (κ2) is 9.00. The van der Waals surface area contributed by atoms with Gasteiger partial charge in [-0.05, 0) is 56.4 Å². The molecule has 0 aromatic heterocycles. The summed E-state index contributed by atoms with van der Waals surface area (Å²) in [7, 11) is 1.66. The second-order valence-corrected chi connectivity index (χ2v) is 7.68. The molecular formula is C20H27BrO5. The number of rotatable bonds is 6. The molecule has 0 heterocycles. The Labute approximate surface area is 163 Å². The number of ether oxygens (including phenoxy) is 3. The highest BCUT2D eigenvalue weighted by Gasteiger charge is 2.46. The van der Waals surface area contributed by atoms with Gasteiger partial charge in [0.15, 0.2) is 0 Å². The maximum atomic E-state index is 12.6. The number of carbonyl (C=O) groups is 2. The molecule has 1 aromatic rings. The number of hydrogen-bond acceptors (Lipinski definition) is 5. The molecule has 144 valence electrons. The average molecular weight is 427 g/mol. The molecule has 26 heavy (non-hydrogen) atoms. The molecule has 0 unspecified atom stereocenters. The van der Waals surface area contributed by atoms with Crippen LogP contribution < -0.4 is 0 Å². The van der Waals surface area contributed by atoms with Gasteiger partial charge in [0.25, 0.3) is 0 Å². The van der Waals surface area contributed by atoms with Gasteiger partial charge in [0.05, 0.1) is 19.1 Å². The molecule has 0 N–H and O–H groups in total. The van der Waals surface area contributed by atoms with Crippen LogP contribution in [0, 0.1) is 13.8 Å². The third kappa shape index (κ3) is 4.86. The Morgan fingerprint density at radius 1 is 1.19 bits per heavy atom. The molecular weight excluding hydrogens is 400 g/mol. The van der Waals surface area contributed by atoms with Gasteiger partial charge in [-0.1, -0.05) is 22.0 Å². The normalized spacial score (nSPS) is 22.7. The van der Waals surface area contributed by atoms with Crippen molar-refractivity contribution in [3.05, 3.63) is 33.3 Å². The van der Waals surface area contributed by atoms with Crippen molar-refractivity contribution in [3.8, 4) is 0 Å². The first-order valence-electron chi connectivity index (χ1n) is 8.98. The lowest BCUT2D eigenvalue weighted by Crippen LogP contribution is -2.48. The number of hydrogen-bond donors (Lipinski definition) is 0. The van der Waals surface area contributed by atoms with Crippen molar-refractivity contribution >= 4 is 27.9 Å². The minimum absolute atomic E-state index is 0.0904. The number of benzene rings is 1. The van der Waals surface area contributed by atoms with Crippen LogP contribution in [0.25, 0.3) is 0 Å². The first-order chi connectivity index (χ1) is 12.3. The smallest absolute Gasteiger partial charge is 0.350 e. The van der Waals surface area contributed by atoms with Crippen molar-refractivity contribution in [1.82, 2.24) is 0 Å². The molecule has 0 aliphatic heterocycles. The van der Waals surface area contributed by atoms with E-state index in [0.717, 1.165) is 21.2 Å². The van der Waals surface area contributed by atoms with Gasteiger partial charge in [-0.2, -0.15) is 0 Å². The third-order valence-electron chi connectivity index (χ3n) is 4.98. The lowest BCUT2D eigenvalue weighted by Gasteiger charge is -2.37. The summed E-state index contributed by atoms with van der Waals surface area (Å²) in [6.07, 6.45) is 2.41. The topological polar surface area (TPSA) is 61.8 Å². The Hall–Kier alpha value is -1.40. The quantitative estimate of drug-likeness (QED) is 0.642. The van der Waals surface area contributed by atoms with Crippen LogP contribution in [0.2, 0.25) is 0 Å². The van der Waals surface area contributed by atoms with E-state index in [-0.39, 0.29) is 19.1 Å². The summed E-state index contributed by atoms with van der Waals surface area (Å²) < 4.78 is 17.3. The number of esters is 2. The Kier molecular flexibility index (Phi) is 7.24. The number of methoxy groups -OCH3 is 1. The summed E-state index contributed by atoms with van der Waals surface area (Å²) in [5.74, 6) is -0.856. The van der Waals surface area contributed by atoms with Gasteiger partial charge >= 0.3 is 11.9 Å². The molecule has 5 nitrogen and oxygen atoms in total. The van der Waals surface area contributed by atoms with Crippen molar-refractivity contribution in [2.75, 3.05) is 13.7 Å². The van der Waals surface area contributed by atoms with Gasteiger partial charge in [-0.25, -0.2) is 4.79 Å². The monoisotopic (exact) mass is 426 g/mol. The fourth-order valence-corrected chi connectivity index (χ4v) is 3.80. The van der Waals surface area contributed by atoms with E-state index < -0.39 is 17.5 Å². The van der Waals surface area contributed by atoms with Crippen molar-refractivity contribution < 1.29 is 23.8 Å². The van der Waals surface area contributed by atoms with Crippen molar-refractivity contribution in [2.45, 2.75) is 64.6 Å². The number of aryl methyl sites for hydroxylation is 2. The molecule has 0 spiro atoms. The summed E-state index contributed by atoms with van der Waals surface area (Å²) in [5.41, 5.74) is 1.77. The van der Waals surface area contributed by atoms with Crippen molar-refractivity contribution in [1.29, 1.82) is 0 Å². The molecule has 1 aliphatic carbocycles. The van der Waals surface area contributed by atoms with Gasteiger partial charge in [0.1, 0.15) is 0 Å². The van der Waals surface area contributed by atoms with Crippen LogP contribution in [0.5, 0.6) is 0 Å². The lowest BCUT2D eigenvalue weighted by molar-refractivity contribution is -0.189. The SMILES string of the molecule is CCOC(=O)C1(OC(=O)Cc2cc(C)c(Br)cc2C)CCC(OC)CC1. The van der Waals surface area contributed by atoms with Crippen molar-refractivity contribution in [2.24, 2.45) is 0 Å². The summed E-state index contributed by atoms with van der Waals surface area (Å²) in [4.78, 5) is 25.1. The van der Waals surface area contributed by atoms with Gasteiger partial charge in [0, 0.05) is 24.4 Å². The van der Waals surface area contributed by atoms with Crippen LogP contribution in [-0.2, 0) is 30.2 Å². The molecule has 1 aliphatic rings. The first-order valence-corrected chi connectivity index (χ1v) is 9.78. The van der Waals surface area contributed by atoms with E-state index in [9.17, 15) is 9.59 Å². The fourth-order valence-electron chi connectivity index (χ4n) is 3.34. The molecule has 0 atom stereocenters. The molecule has 0 radical (unpaired) electrons. The van der Waals surface area contributed by atoms with Crippen molar-refractivity contribution in [3.63, 3.8) is 0 Å².